The molecule has 0 amide bonds. The number of rotatable bonds is 4. The monoisotopic (exact) mass is 435 g/mol. The summed E-state index contributed by atoms with van der Waals surface area (Å²) >= 11 is 0. The van der Waals surface area contributed by atoms with Crippen molar-refractivity contribution in [1.29, 1.82) is 0 Å². The molecule has 0 fully saturated rings. The molecule has 0 unspecified atom stereocenters. The van der Waals surface area contributed by atoms with Crippen molar-refractivity contribution in [2.24, 2.45) is 7.05 Å². The van der Waals surface area contributed by atoms with Crippen molar-refractivity contribution in [3.05, 3.63) is 47.3 Å². The second-order valence-electron chi connectivity index (χ2n) is 6.22. The van der Waals surface area contributed by atoms with E-state index in [1.165, 1.54) is 30.7 Å². The highest BCUT2D eigenvalue weighted by molar-refractivity contribution is 7.91. The Labute approximate surface area is 161 Å². The van der Waals surface area contributed by atoms with Crippen molar-refractivity contribution >= 4 is 20.9 Å². The fourth-order valence-corrected chi connectivity index (χ4v) is 3.93. The van der Waals surface area contributed by atoms with Crippen LogP contribution in [0.25, 0.3) is 22.6 Å². The quantitative estimate of drug-likeness (QED) is 0.358. The minimum atomic E-state index is -5.79. The summed E-state index contributed by atoms with van der Waals surface area (Å²) in [6.07, 6.45) is -4.76. The van der Waals surface area contributed by atoms with Crippen molar-refractivity contribution in [2.45, 2.75) is 23.9 Å². The van der Waals surface area contributed by atoms with E-state index in [1.54, 1.807) is 0 Å². The van der Waals surface area contributed by atoms with Gasteiger partial charge in [0.2, 0.25) is 5.82 Å². The van der Waals surface area contributed by atoms with Gasteiger partial charge < -0.3 is 9.77 Å². The third kappa shape index (κ3) is 3.30. The van der Waals surface area contributed by atoms with Gasteiger partial charge in [0.1, 0.15) is 4.90 Å². The Morgan fingerprint density at radius 2 is 1.83 bits per heavy atom. The predicted octanol–water partition coefficient (Wildman–Crippen LogP) is 3.32. The van der Waals surface area contributed by atoms with E-state index in [2.05, 4.69) is 4.98 Å². The van der Waals surface area contributed by atoms with Gasteiger partial charge in [-0.15, -0.1) is 0 Å². The number of pyridine rings is 1. The molecule has 0 spiro atoms. The van der Waals surface area contributed by atoms with Crippen molar-refractivity contribution in [2.75, 3.05) is 5.75 Å². The molecule has 3 aromatic rings. The van der Waals surface area contributed by atoms with Crippen LogP contribution in [0.2, 0.25) is 0 Å². The highest BCUT2D eigenvalue weighted by Gasteiger charge is 2.58. The molecule has 0 bridgehead atoms. The van der Waals surface area contributed by atoms with Crippen molar-refractivity contribution in [3.63, 3.8) is 0 Å². The van der Waals surface area contributed by atoms with Crippen LogP contribution in [0.4, 0.5) is 22.0 Å². The molecule has 0 saturated heterocycles. The Balaban J connectivity index is 2.29. The second kappa shape index (κ2) is 6.65. The molecule has 6 nitrogen and oxygen atoms in total. The largest absolute Gasteiger partial charge is 0.618 e. The summed E-state index contributed by atoms with van der Waals surface area (Å²) in [5.41, 5.74) is -1.76. The molecule has 0 saturated carbocycles. The lowest BCUT2D eigenvalue weighted by Crippen LogP contribution is -2.33. The topological polar surface area (TPSA) is 78.9 Å². The van der Waals surface area contributed by atoms with Gasteiger partial charge in [-0.25, -0.2) is 13.4 Å². The Morgan fingerprint density at radius 3 is 2.41 bits per heavy atom. The number of aromatic nitrogens is 3. The van der Waals surface area contributed by atoms with Crippen LogP contribution in [0.15, 0.2) is 41.4 Å². The lowest BCUT2D eigenvalue weighted by Gasteiger charge is -2.19. The first-order valence-electron chi connectivity index (χ1n) is 8.18. The summed E-state index contributed by atoms with van der Waals surface area (Å²) in [7, 11) is -2.46. The third-order valence-corrected chi connectivity index (χ3v) is 6.21. The molecule has 0 N–H and O–H groups in total. The number of fused-ring (bicyclic) bond motifs is 1. The molecule has 1 aromatic carbocycles. The Kier molecular flexibility index (Phi) is 4.80. The van der Waals surface area contributed by atoms with Gasteiger partial charge in [-0.2, -0.15) is 26.7 Å². The maximum absolute atomic E-state index is 13.7. The van der Waals surface area contributed by atoms with E-state index in [-0.39, 0.29) is 37.9 Å². The van der Waals surface area contributed by atoms with Gasteiger partial charge in [-0.1, -0.05) is 13.0 Å². The van der Waals surface area contributed by atoms with E-state index >= 15 is 0 Å². The van der Waals surface area contributed by atoms with Gasteiger partial charge in [0.25, 0.3) is 5.69 Å². The van der Waals surface area contributed by atoms with Crippen molar-refractivity contribution < 1.29 is 35.1 Å². The molecule has 29 heavy (non-hydrogen) atoms. The first kappa shape index (κ1) is 21.0. The molecule has 2 heterocycles. The number of aryl methyl sites for hydroxylation is 1. The Hall–Kier alpha value is -2.76. The van der Waals surface area contributed by atoms with Gasteiger partial charge in [0.15, 0.2) is 16.0 Å². The van der Waals surface area contributed by atoms with E-state index in [0.717, 1.165) is 12.3 Å². The smallest absolute Gasteiger partial charge is 0.458 e. The molecule has 2 aromatic heterocycles. The van der Waals surface area contributed by atoms with Gasteiger partial charge in [-0.3, -0.25) is 0 Å². The maximum Gasteiger partial charge on any atom is 0.458 e. The molecule has 3 rings (SSSR count). The fourth-order valence-electron chi connectivity index (χ4n) is 2.86. The highest BCUT2D eigenvalue weighted by atomic mass is 32.2. The standard InChI is InChI=1S/C17H14F5N3O3S/c1-3-29(27,28)13-5-4-8-25(26)14(13)15-23-11-9-10(6-7-12(11)24(15)2)16(18,19)17(20,21)22/h4-9H,3H2,1-2H3. The van der Waals surface area contributed by atoms with Gasteiger partial charge in [0, 0.05) is 18.7 Å². The van der Waals surface area contributed by atoms with Crippen LogP contribution in [0.5, 0.6) is 0 Å². The molecule has 0 aliphatic heterocycles. The van der Waals surface area contributed by atoms with Crippen LogP contribution < -0.4 is 4.73 Å². The summed E-state index contributed by atoms with van der Waals surface area (Å²) in [5.74, 6) is -5.59. The molecular weight excluding hydrogens is 421 g/mol. The highest BCUT2D eigenvalue weighted by Crippen LogP contribution is 2.44. The van der Waals surface area contributed by atoms with Crippen LogP contribution in [-0.2, 0) is 22.8 Å². The Morgan fingerprint density at radius 1 is 1.17 bits per heavy atom. The lowest BCUT2D eigenvalue weighted by atomic mass is 10.1. The molecule has 0 aliphatic carbocycles. The molecular formula is C17H14F5N3O3S. The van der Waals surface area contributed by atoms with Crippen LogP contribution >= 0.6 is 0 Å². The van der Waals surface area contributed by atoms with Gasteiger partial charge in [0.05, 0.1) is 16.8 Å². The number of imidazole rings is 1. The van der Waals surface area contributed by atoms with Crippen molar-refractivity contribution in [1.82, 2.24) is 9.55 Å². The summed E-state index contributed by atoms with van der Waals surface area (Å²) in [5, 5.41) is 12.3. The third-order valence-electron chi connectivity index (χ3n) is 4.45. The van der Waals surface area contributed by atoms with Gasteiger partial charge >= 0.3 is 12.1 Å². The zero-order valence-corrected chi connectivity index (χ0v) is 15.9. The number of benzene rings is 1. The normalized spacial score (nSPS) is 13.2. The van der Waals surface area contributed by atoms with E-state index in [0.29, 0.717) is 12.1 Å². The average molecular weight is 435 g/mol. The number of nitrogens with zero attached hydrogens (tertiary/aromatic N) is 3. The maximum atomic E-state index is 13.7. The summed E-state index contributed by atoms with van der Waals surface area (Å²) in [4.78, 5) is 3.66. The van der Waals surface area contributed by atoms with E-state index < -0.39 is 27.5 Å². The fraction of sp³-hybridized carbons (Fsp3) is 0.294. The second-order valence-corrected chi connectivity index (χ2v) is 8.47. The summed E-state index contributed by atoms with van der Waals surface area (Å²) < 4.78 is 91.5. The van der Waals surface area contributed by atoms with E-state index in [1.807, 2.05) is 0 Å². The number of hydrogen-bond acceptors (Lipinski definition) is 4. The zero-order chi connectivity index (χ0) is 21.8. The molecule has 12 heteroatoms. The molecule has 0 radical (unpaired) electrons. The van der Waals surface area contributed by atoms with Crippen LogP contribution in [0.1, 0.15) is 12.5 Å². The summed E-state index contributed by atoms with van der Waals surface area (Å²) in [6, 6.07) is 4.61. The average Bonchev–Trinajstić information content (AvgIpc) is 2.96. The first-order chi connectivity index (χ1) is 13.3. The summed E-state index contributed by atoms with van der Waals surface area (Å²) in [6.45, 7) is 1.38. The minimum Gasteiger partial charge on any atom is -0.618 e. The van der Waals surface area contributed by atoms with Crippen LogP contribution in [0, 0.1) is 5.21 Å². The number of sulfone groups is 1. The van der Waals surface area contributed by atoms with Crippen LogP contribution in [-0.4, -0.2) is 29.9 Å². The first-order valence-corrected chi connectivity index (χ1v) is 9.83. The minimum absolute atomic E-state index is 0.144. The lowest BCUT2D eigenvalue weighted by molar-refractivity contribution is -0.595. The number of halogens is 5. The van der Waals surface area contributed by atoms with E-state index in [4.69, 9.17) is 0 Å². The SMILES string of the molecule is CCS(=O)(=O)c1ccc[n+]([O-])c1-c1nc2cc(C(F)(F)C(F)(F)F)ccc2n1C. The number of hydrogen-bond donors (Lipinski definition) is 0. The molecule has 0 aliphatic rings. The predicted molar refractivity (Wildman–Crippen MR) is 92.8 cm³/mol. The van der Waals surface area contributed by atoms with E-state index in [9.17, 15) is 35.6 Å². The zero-order valence-electron chi connectivity index (χ0n) is 15.0. The molecule has 156 valence electrons. The number of alkyl halides is 5. The van der Waals surface area contributed by atoms with Crippen LogP contribution in [0.3, 0.4) is 0 Å². The molecule has 0 atom stereocenters. The van der Waals surface area contributed by atoms with Gasteiger partial charge in [-0.05, 0) is 18.2 Å². The Bertz CT molecular complexity index is 1200. The van der Waals surface area contributed by atoms with Crippen molar-refractivity contribution in [3.8, 4) is 11.5 Å².